The van der Waals surface area contributed by atoms with Gasteiger partial charge in [0.1, 0.15) is 0 Å². The first-order valence-electron chi connectivity index (χ1n) is 4.73. The maximum Gasteiger partial charge on any atom is 0.259 e. The lowest BCUT2D eigenvalue weighted by molar-refractivity contribution is 0.327. The van der Waals surface area contributed by atoms with E-state index in [0.29, 0.717) is 12.8 Å². The smallest absolute Gasteiger partial charge is 0.259 e. The lowest BCUT2D eigenvalue weighted by Gasteiger charge is -2.32. The van der Waals surface area contributed by atoms with Crippen LogP contribution in [0.4, 0.5) is 0 Å². The highest BCUT2D eigenvalue weighted by Gasteiger charge is 2.30. The minimum atomic E-state index is -3.46. The highest BCUT2D eigenvalue weighted by atomic mass is 35.5. The van der Waals surface area contributed by atoms with Gasteiger partial charge in [0, 0.05) is 25.3 Å². The van der Waals surface area contributed by atoms with Gasteiger partial charge >= 0.3 is 0 Å². The Hall–Kier alpha value is -0.630. The van der Waals surface area contributed by atoms with E-state index >= 15 is 0 Å². The number of hydrogen-bond donors (Lipinski definition) is 2. The van der Waals surface area contributed by atoms with Gasteiger partial charge in [-0.2, -0.15) is 0 Å². The van der Waals surface area contributed by atoms with Crippen molar-refractivity contribution in [1.82, 2.24) is 14.3 Å². The van der Waals surface area contributed by atoms with Crippen molar-refractivity contribution in [2.24, 2.45) is 12.8 Å². The Labute approximate surface area is 101 Å². The first kappa shape index (κ1) is 13.4. The van der Waals surface area contributed by atoms with Crippen LogP contribution in [0.3, 0.4) is 0 Å². The van der Waals surface area contributed by atoms with Gasteiger partial charge in [-0.1, -0.05) is 0 Å². The maximum atomic E-state index is 11.7. The summed E-state index contributed by atoms with van der Waals surface area (Å²) in [4.78, 5) is 3.80. The molecule has 92 valence electrons. The van der Waals surface area contributed by atoms with Gasteiger partial charge in [-0.05, 0) is 12.8 Å². The van der Waals surface area contributed by atoms with E-state index in [1.807, 2.05) is 0 Å². The van der Waals surface area contributed by atoms with Crippen LogP contribution in [-0.2, 0) is 17.1 Å². The van der Waals surface area contributed by atoms with Crippen molar-refractivity contribution >= 4 is 22.4 Å². The molecule has 1 heterocycles. The Bertz CT molecular complexity index is 452. The lowest BCUT2D eigenvalue weighted by atomic mass is 9.89. The summed E-state index contributed by atoms with van der Waals surface area (Å²) >= 11 is 0. The van der Waals surface area contributed by atoms with Crippen molar-refractivity contribution in [2.45, 2.75) is 30.0 Å². The average molecular weight is 267 g/mol. The van der Waals surface area contributed by atoms with Gasteiger partial charge in [-0.15, -0.1) is 12.4 Å². The Morgan fingerprint density at radius 1 is 1.56 bits per heavy atom. The number of aromatic nitrogens is 2. The molecule has 1 aromatic heterocycles. The Morgan fingerprint density at radius 3 is 2.62 bits per heavy atom. The second kappa shape index (κ2) is 4.70. The zero-order chi connectivity index (χ0) is 11.1. The third kappa shape index (κ3) is 2.73. The minimum Gasteiger partial charge on any atom is -0.339 e. The monoisotopic (exact) mass is 266 g/mol. The fraction of sp³-hybridized carbons (Fsp3) is 0.625. The standard InChI is InChI=1S/C8H14N4O2S.ClH/c1-12-4-8(10-5-12)15(13,14)11-7-2-6(9)3-7;/h4-7,11H,2-3,9H2,1H3;1H. The molecule has 16 heavy (non-hydrogen) atoms. The molecule has 0 unspecified atom stereocenters. The molecule has 0 aliphatic heterocycles. The van der Waals surface area contributed by atoms with Crippen LogP contribution >= 0.6 is 12.4 Å². The number of nitrogens with zero attached hydrogens (tertiary/aromatic N) is 2. The van der Waals surface area contributed by atoms with Crippen molar-refractivity contribution in [3.05, 3.63) is 12.5 Å². The molecule has 2 rings (SSSR count). The van der Waals surface area contributed by atoms with Gasteiger partial charge in [0.2, 0.25) is 0 Å². The summed E-state index contributed by atoms with van der Waals surface area (Å²) in [5.41, 5.74) is 5.58. The van der Waals surface area contributed by atoms with Gasteiger partial charge in [-0.3, -0.25) is 0 Å². The number of aryl methyl sites for hydroxylation is 1. The average Bonchev–Trinajstić information content (AvgIpc) is 2.49. The zero-order valence-corrected chi connectivity index (χ0v) is 10.5. The Kier molecular flexibility index (Phi) is 3.95. The molecule has 0 aromatic carbocycles. The van der Waals surface area contributed by atoms with Gasteiger partial charge < -0.3 is 10.3 Å². The van der Waals surface area contributed by atoms with Gasteiger partial charge in [0.05, 0.1) is 6.33 Å². The van der Waals surface area contributed by atoms with Gasteiger partial charge in [0.25, 0.3) is 10.0 Å². The molecule has 0 atom stereocenters. The van der Waals surface area contributed by atoms with Crippen molar-refractivity contribution in [3.63, 3.8) is 0 Å². The molecular formula is C8H15ClN4O2S. The molecule has 3 N–H and O–H groups in total. The molecule has 0 amide bonds. The van der Waals surface area contributed by atoms with Crippen molar-refractivity contribution in [1.29, 1.82) is 0 Å². The van der Waals surface area contributed by atoms with Crippen LogP contribution in [0.5, 0.6) is 0 Å². The van der Waals surface area contributed by atoms with Crippen LogP contribution in [0, 0.1) is 0 Å². The van der Waals surface area contributed by atoms with Crippen LogP contribution in [0.1, 0.15) is 12.8 Å². The minimum absolute atomic E-state index is 0. The number of imidazole rings is 1. The van der Waals surface area contributed by atoms with E-state index in [9.17, 15) is 8.42 Å². The molecular weight excluding hydrogens is 252 g/mol. The SMILES string of the molecule is Cl.Cn1cnc(S(=O)(=O)NC2CC(N)C2)c1. The quantitative estimate of drug-likeness (QED) is 0.780. The third-order valence-electron chi connectivity index (χ3n) is 2.45. The number of sulfonamides is 1. The Morgan fingerprint density at radius 2 is 2.19 bits per heavy atom. The summed E-state index contributed by atoms with van der Waals surface area (Å²) in [5.74, 6) is 0. The fourth-order valence-corrected chi connectivity index (χ4v) is 2.81. The number of nitrogens with one attached hydrogen (secondary N) is 1. The highest BCUT2D eigenvalue weighted by Crippen LogP contribution is 2.19. The summed E-state index contributed by atoms with van der Waals surface area (Å²) < 4.78 is 27.6. The maximum absolute atomic E-state index is 11.7. The molecule has 0 bridgehead atoms. The van der Waals surface area contributed by atoms with E-state index in [1.165, 1.54) is 12.5 Å². The van der Waals surface area contributed by atoms with Crippen LogP contribution in [0.2, 0.25) is 0 Å². The van der Waals surface area contributed by atoms with Gasteiger partial charge in [0.15, 0.2) is 5.03 Å². The first-order chi connectivity index (χ1) is 6.97. The van der Waals surface area contributed by atoms with E-state index in [2.05, 4.69) is 9.71 Å². The molecule has 0 spiro atoms. The molecule has 1 aliphatic carbocycles. The predicted octanol–water partition coefficient (Wildman–Crippen LogP) is -0.390. The lowest BCUT2D eigenvalue weighted by Crippen LogP contribution is -2.50. The second-order valence-corrected chi connectivity index (χ2v) is 5.59. The number of rotatable bonds is 3. The number of nitrogens with two attached hydrogens (primary N) is 1. The number of halogens is 1. The molecule has 1 fully saturated rings. The molecule has 1 aliphatic rings. The van der Waals surface area contributed by atoms with Crippen LogP contribution in [0.15, 0.2) is 17.6 Å². The predicted molar refractivity (Wildman–Crippen MR) is 61.8 cm³/mol. The van der Waals surface area contributed by atoms with E-state index in [4.69, 9.17) is 5.73 Å². The normalized spacial score (nSPS) is 24.6. The molecule has 1 aromatic rings. The van der Waals surface area contributed by atoms with E-state index in [1.54, 1.807) is 11.6 Å². The zero-order valence-electron chi connectivity index (χ0n) is 8.83. The van der Waals surface area contributed by atoms with E-state index in [0.717, 1.165) is 0 Å². The third-order valence-corrected chi connectivity index (χ3v) is 3.86. The summed E-state index contributed by atoms with van der Waals surface area (Å²) in [5, 5.41) is 0.0606. The van der Waals surface area contributed by atoms with Crippen LogP contribution < -0.4 is 10.5 Å². The number of hydrogen-bond acceptors (Lipinski definition) is 4. The summed E-state index contributed by atoms with van der Waals surface area (Å²) in [6.45, 7) is 0. The van der Waals surface area contributed by atoms with Crippen molar-refractivity contribution in [2.75, 3.05) is 0 Å². The topological polar surface area (TPSA) is 90.0 Å². The highest BCUT2D eigenvalue weighted by molar-refractivity contribution is 7.89. The van der Waals surface area contributed by atoms with Crippen LogP contribution in [-0.4, -0.2) is 30.1 Å². The van der Waals surface area contributed by atoms with Crippen molar-refractivity contribution in [3.8, 4) is 0 Å². The summed E-state index contributed by atoms with van der Waals surface area (Å²) in [6.07, 6.45) is 4.33. The van der Waals surface area contributed by atoms with Crippen LogP contribution in [0.25, 0.3) is 0 Å². The summed E-state index contributed by atoms with van der Waals surface area (Å²) in [7, 11) is -1.73. The fourth-order valence-electron chi connectivity index (χ4n) is 1.57. The molecule has 0 saturated heterocycles. The molecule has 8 heteroatoms. The molecule has 1 saturated carbocycles. The van der Waals surface area contributed by atoms with E-state index in [-0.39, 0.29) is 29.5 Å². The molecule has 0 radical (unpaired) electrons. The van der Waals surface area contributed by atoms with Gasteiger partial charge in [-0.25, -0.2) is 18.1 Å². The molecule has 6 nitrogen and oxygen atoms in total. The second-order valence-electron chi connectivity index (χ2n) is 3.93. The summed E-state index contributed by atoms with van der Waals surface area (Å²) in [6, 6.07) is 0.0911. The Balaban J connectivity index is 0.00000128. The van der Waals surface area contributed by atoms with E-state index < -0.39 is 10.0 Å². The largest absolute Gasteiger partial charge is 0.339 e. The van der Waals surface area contributed by atoms with Crippen molar-refractivity contribution < 1.29 is 8.42 Å². The first-order valence-corrected chi connectivity index (χ1v) is 6.21.